The molecular formula is C16H25N3O. The molecule has 20 heavy (non-hydrogen) atoms. The van der Waals surface area contributed by atoms with E-state index in [-0.39, 0.29) is 5.91 Å². The summed E-state index contributed by atoms with van der Waals surface area (Å²) >= 11 is 0. The lowest BCUT2D eigenvalue weighted by molar-refractivity contribution is 0.0951. The molecule has 0 radical (unpaired) electrons. The number of amides is 1. The van der Waals surface area contributed by atoms with Crippen molar-refractivity contribution in [2.45, 2.75) is 51.9 Å². The van der Waals surface area contributed by atoms with Crippen LogP contribution in [0, 0.1) is 5.92 Å². The molecule has 4 nitrogen and oxygen atoms in total. The van der Waals surface area contributed by atoms with Crippen molar-refractivity contribution >= 4 is 11.7 Å². The Hall–Kier alpha value is -1.58. The van der Waals surface area contributed by atoms with E-state index in [1.165, 1.54) is 25.7 Å². The molecule has 0 atom stereocenters. The maximum atomic E-state index is 12.1. The smallest absolute Gasteiger partial charge is 0.251 e. The first kappa shape index (κ1) is 14.8. The summed E-state index contributed by atoms with van der Waals surface area (Å²) in [6.07, 6.45) is 8.28. The van der Waals surface area contributed by atoms with Gasteiger partial charge in [-0.25, -0.2) is 4.98 Å². The third-order valence-electron chi connectivity index (χ3n) is 3.98. The molecule has 4 heteroatoms. The lowest BCUT2D eigenvalue weighted by Gasteiger charge is -2.10. The maximum absolute atomic E-state index is 12.1. The standard InChI is InChI=1S/C16H25N3O/c1-2-5-14-10-13(11-15(17)19-14)16(20)18-9-8-12-6-3-4-7-12/h10-12H,2-9H2,1H3,(H2,17,19)(H,18,20). The molecular weight excluding hydrogens is 250 g/mol. The average molecular weight is 275 g/mol. The summed E-state index contributed by atoms with van der Waals surface area (Å²) in [5.41, 5.74) is 7.29. The summed E-state index contributed by atoms with van der Waals surface area (Å²) in [6.45, 7) is 2.85. The highest BCUT2D eigenvalue weighted by atomic mass is 16.1. The van der Waals surface area contributed by atoms with Crippen LogP contribution in [0.3, 0.4) is 0 Å². The highest BCUT2D eigenvalue weighted by Gasteiger charge is 2.15. The molecule has 1 saturated carbocycles. The van der Waals surface area contributed by atoms with E-state index in [0.29, 0.717) is 11.4 Å². The van der Waals surface area contributed by atoms with Gasteiger partial charge >= 0.3 is 0 Å². The second-order valence-corrected chi connectivity index (χ2v) is 5.72. The van der Waals surface area contributed by atoms with Crippen molar-refractivity contribution in [3.05, 3.63) is 23.4 Å². The zero-order valence-electron chi connectivity index (χ0n) is 12.3. The zero-order valence-corrected chi connectivity index (χ0v) is 12.3. The number of hydrogen-bond donors (Lipinski definition) is 2. The number of carbonyl (C=O) groups excluding carboxylic acids is 1. The number of anilines is 1. The number of pyridine rings is 1. The van der Waals surface area contributed by atoms with Gasteiger partial charge in [-0.15, -0.1) is 0 Å². The molecule has 110 valence electrons. The molecule has 0 saturated heterocycles. The minimum atomic E-state index is -0.0329. The first-order chi connectivity index (χ1) is 9.69. The molecule has 0 bridgehead atoms. The Labute approximate surface area is 121 Å². The minimum absolute atomic E-state index is 0.0329. The number of nitrogens with zero attached hydrogens (tertiary/aromatic N) is 1. The molecule has 1 aliphatic rings. The number of rotatable bonds is 6. The van der Waals surface area contributed by atoms with Crippen LogP contribution in [0.5, 0.6) is 0 Å². The summed E-state index contributed by atoms with van der Waals surface area (Å²) in [5, 5.41) is 3.00. The van der Waals surface area contributed by atoms with E-state index in [1.54, 1.807) is 6.07 Å². The van der Waals surface area contributed by atoms with E-state index in [9.17, 15) is 4.79 Å². The summed E-state index contributed by atoms with van der Waals surface area (Å²) in [6, 6.07) is 3.51. The molecule has 1 aromatic heterocycles. The summed E-state index contributed by atoms with van der Waals surface area (Å²) in [5.74, 6) is 1.19. The molecule has 1 amide bonds. The summed E-state index contributed by atoms with van der Waals surface area (Å²) in [4.78, 5) is 16.4. The van der Waals surface area contributed by atoms with Gasteiger partial charge < -0.3 is 11.1 Å². The van der Waals surface area contributed by atoms with E-state index < -0.39 is 0 Å². The van der Waals surface area contributed by atoms with Crippen molar-refractivity contribution in [3.8, 4) is 0 Å². The van der Waals surface area contributed by atoms with Crippen LogP contribution in [0.2, 0.25) is 0 Å². The number of nitrogens with one attached hydrogen (secondary N) is 1. The summed E-state index contributed by atoms with van der Waals surface area (Å²) in [7, 11) is 0. The van der Waals surface area contributed by atoms with Gasteiger partial charge in [-0.2, -0.15) is 0 Å². The predicted octanol–water partition coefficient (Wildman–Crippen LogP) is 2.93. The van der Waals surface area contributed by atoms with E-state index in [4.69, 9.17) is 5.73 Å². The zero-order chi connectivity index (χ0) is 14.4. The van der Waals surface area contributed by atoms with Crippen molar-refractivity contribution in [2.75, 3.05) is 12.3 Å². The number of nitrogens with two attached hydrogens (primary N) is 1. The SMILES string of the molecule is CCCc1cc(C(=O)NCCC2CCCC2)cc(N)n1. The van der Waals surface area contributed by atoms with Gasteiger partial charge in [-0.3, -0.25) is 4.79 Å². The van der Waals surface area contributed by atoms with Gasteiger partial charge in [0.1, 0.15) is 5.82 Å². The van der Waals surface area contributed by atoms with Crippen molar-refractivity contribution in [2.24, 2.45) is 5.92 Å². The second kappa shape index (κ2) is 7.27. The van der Waals surface area contributed by atoms with E-state index in [0.717, 1.165) is 37.4 Å². The van der Waals surface area contributed by atoms with Gasteiger partial charge in [0, 0.05) is 17.8 Å². The van der Waals surface area contributed by atoms with Crippen LogP contribution in [-0.4, -0.2) is 17.4 Å². The molecule has 1 heterocycles. The lowest BCUT2D eigenvalue weighted by Crippen LogP contribution is -2.26. The lowest BCUT2D eigenvalue weighted by atomic mass is 10.0. The maximum Gasteiger partial charge on any atom is 0.251 e. The fourth-order valence-corrected chi connectivity index (χ4v) is 2.92. The number of aromatic nitrogens is 1. The quantitative estimate of drug-likeness (QED) is 0.838. The van der Waals surface area contributed by atoms with E-state index in [2.05, 4.69) is 17.2 Å². The Bertz CT molecular complexity index is 453. The van der Waals surface area contributed by atoms with Crippen LogP contribution < -0.4 is 11.1 Å². The Morgan fingerprint density at radius 1 is 1.40 bits per heavy atom. The van der Waals surface area contributed by atoms with Gasteiger partial charge in [-0.1, -0.05) is 39.0 Å². The highest BCUT2D eigenvalue weighted by molar-refractivity contribution is 5.94. The monoisotopic (exact) mass is 275 g/mol. The Morgan fingerprint density at radius 3 is 2.85 bits per heavy atom. The highest BCUT2D eigenvalue weighted by Crippen LogP contribution is 2.26. The Morgan fingerprint density at radius 2 is 2.15 bits per heavy atom. The van der Waals surface area contributed by atoms with E-state index >= 15 is 0 Å². The van der Waals surface area contributed by atoms with Crippen LogP contribution in [0.4, 0.5) is 5.82 Å². The number of carbonyl (C=O) groups is 1. The van der Waals surface area contributed by atoms with Crippen molar-refractivity contribution < 1.29 is 4.79 Å². The minimum Gasteiger partial charge on any atom is -0.384 e. The van der Waals surface area contributed by atoms with Gasteiger partial charge in [0.2, 0.25) is 0 Å². The first-order valence-electron chi connectivity index (χ1n) is 7.73. The van der Waals surface area contributed by atoms with Gasteiger partial charge in [0.25, 0.3) is 5.91 Å². The van der Waals surface area contributed by atoms with Gasteiger partial charge in [-0.05, 0) is 30.9 Å². The van der Waals surface area contributed by atoms with Crippen molar-refractivity contribution in [3.63, 3.8) is 0 Å². The van der Waals surface area contributed by atoms with Crippen LogP contribution in [-0.2, 0) is 6.42 Å². The van der Waals surface area contributed by atoms with Crippen LogP contribution in [0.15, 0.2) is 12.1 Å². The van der Waals surface area contributed by atoms with Gasteiger partial charge in [0.15, 0.2) is 0 Å². The molecule has 2 rings (SSSR count). The largest absolute Gasteiger partial charge is 0.384 e. The molecule has 0 spiro atoms. The average Bonchev–Trinajstić information content (AvgIpc) is 2.91. The molecule has 1 aliphatic carbocycles. The molecule has 0 aromatic carbocycles. The van der Waals surface area contributed by atoms with Crippen molar-refractivity contribution in [1.29, 1.82) is 0 Å². The molecule has 1 fully saturated rings. The van der Waals surface area contributed by atoms with Gasteiger partial charge in [0.05, 0.1) is 0 Å². The van der Waals surface area contributed by atoms with E-state index in [1.807, 2.05) is 6.07 Å². The molecule has 1 aromatic rings. The molecule has 0 unspecified atom stereocenters. The van der Waals surface area contributed by atoms with Crippen LogP contribution >= 0.6 is 0 Å². The molecule has 0 aliphatic heterocycles. The fourth-order valence-electron chi connectivity index (χ4n) is 2.92. The molecule has 3 N–H and O–H groups in total. The number of hydrogen-bond acceptors (Lipinski definition) is 3. The predicted molar refractivity (Wildman–Crippen MR) is 81.6 cm³/mol. The van der Waals surface area contributed by atoms with Crippen molar-refractivity contribution in [1.82, 2.24) is 10.3 Å². The summed E-state index contributed by atoms with van der Waals surface area (Å²) < 4.78 is 0. The topological polar surface area (TPSA) is 68.0 Å². The first-order valence-corrected chi connectivity index (χ1v) is 7.73. The van der Waals surface area contributed by atoms with Crippen LogP contribution in [0.25, 0.3) is 0 Å². The Balaban J connectivity index is 1.87. The number of aryl methyl sites for hydroxylation is 1. The third kappa shape index (κ3) is 4.22. The normalized spacial score (nSPS) is 15.4. The number of nitrogen functional groups attached to an aromatic ring is 1. The Kier molecular flexibility index (Phi) is 5.39. The fraction of sp³-hybridized carbons (Fsp3) is 0.625. The van der Waals surface area contributed by atoms with Crippen LogP contribution in [0.1, 0.15) is 61.5 Å². The second-order valence-electron chi connectivity index (χ2n) is 5.72. The third-order valence-corrected chi connectivity index (χ3v) is 3.98.